The summed E-state index contributed by atoms with van der Waals surface area (Å²) in [6.07, 6.45) is 2.91. The lowest BCUT2D eigenvalue weighted by Crippen LogP contribution is -2.29. The first kappa shape index (κ1) is 17.1. The molecule has 0 saturated heterocycles. The fraction of sp³-hybridized carbons (Fsp3) is 0.0909. The van der Waals surface area contributed by atoms with Crippen molar-refractivity contribution in [3.8, 4) is 17.2 Å². The normalized spacial score (nSPS) is 13.2. The van der Waals surface area contributed by atoms with Crippen molar-refractivity contribution in [2.24, 2.45) is 0 Å². The van der Waals surface area contributed by atoms with Crippen LogP contribution in [-0.4, -0.2) is 28.4 Å². The molecule has 2 amide bonds. The molecule has 1 aliphatic heterocycles. The van der Waals surface area contributed by atoms with Crippen LogP contribution in [-0.2, 0) is 0 Å². The number of pyridine rings is 1. The third-order valence-electron chi connectivity index (χ3n) is 4.73. The van der Waals surface area contributed by atoms with Crippen LogP contribution in [0.4, 0.5) is 5.69 Å². The summed E-state index contributed by atoms with van der Waals surface area (Å²) < 4.78 is 11.3. The van der Waals surface area contributed by atoms with E-state index >= 15 is 0 Å². The number of aromatic nitrogens is 2. The van der Waals surface area contributed by atoms with E-state index < -0.39 is 5.91 Å². The maximum absolute atomic E-state index is 12.7. The zero-order chi connectivity index (χ0) is 20.0. The molecule has 0 atom stereocenters. The Labute approximate surface area is 165 Å². The number of benzene rings is 2. The highest BCUT2D eigenvalue weighted by molar-refractivity contribution is 6.34. The first-order valence-corrected chi connectivity index (χ1v) is 9.12. The minimum atomic E-state index is -0.396. The summed E-state index contributed by atoms with van der Waals surface area (Å²) >= 11 is 0. The number of rotatable bonds is 4. The van der Waals surface area contributed by atoms with Gasteiger partial charge in [0.15, 0.2) is 5.58 Å². The summed E-state index contributed by atoms with van der Waals surface area (Å²) in [4.78, 5) is 34.9. The molecule has 0 fully saturated rings. The summed E-state index contributed by atoms with van der Waals surface area (Å²) in [6, 6.07) is 14.0. The number of amides is 2. The van der Waals surface area contributed by atoms with Crippen molar-refractivity contribution in [3.63, 3.8) is 0 Å². The first-order chi connectivity index (χ1) is 14.2. The van der Waals surface area contributed by atoms with E-state index in [1.54, 1.807) is 24.3 Å². The smallest absolute Gasteiger partial charge is 0.267 e. The van der Waals surface area contributed by atoms with Gasteiger partial charge in [0, 0.05) is 18.0 Å². The van der Waals surface area contributed by atoms with Gasteiger partial charge in [-0.1, -0.05) is 0 Å². The monoisotopic (exact) mass is 385 g/mol. The maximum Gasteiger partial charge on any atom is 0.267 e. The van der Waals surface area contributed by atoms with Crippen LogP contribution in [0.15, 0.2) is 65.3 Å². The second-order valence-corrected chi connectivity index (χ2v) is 6.50. The number of carbonyl (C=O) groups is 2. The number of fused-ring (bicyclic) bond motifs is 2. The Morgan fingerprint density at radius 1 is 1.00 bits per heavy atom. The van der Waals surface area contributed by atoms with Gasteiger partial charge in [0.2, 0.25) is 5.89 Å². The molecule has 0 saturated carbocycles. The molecule has 5 rings (SSSR count). The second-order valence-electron chi connectivity index (χ2n) is 6.50. The molecule has 0 spiro atoms. The lowest BCUT2D eigenvalue weighted by Gasteiger charge is -2.13. The quantitative estimate of drug-likeness (QED) is 0.492. The van der Waals surface area contributed by atoms with E-state index in [-0.39, 0.29) is 5.91 Å². The molecule has 7 nitrogen and oxygen atoms in total. The number of carbonyl (C=O) groups excluding carboxylic acids is 2. The summed E-state index contributed by atoms with van der Waals surface area (Å²) in [5.41, 5.74) is 3.01. The van der Waals surface area contributed by atoms with Gasteiger partial charge >= 0.3 is 0 Å². The average molecular weight is 385 g/mol. The van der Waals surface area contributed by atoms with E-state index in [0.29, 0.717) is 40.4 Å². The van der Waals surface area contributed by atoms with Crippen LogP contribution >= 0.6 is 0 Å². The van der Waals surface area contributed by atoms with Crippen molar-refractivity contribution < 1.29 is 18.7 Å². The highest BCUT2D eigenvalue weighted by atomic mass is 16.5. The Morgan fingerprint density at radius 3 is 2.55 bits per heavy atom. The molecule has 4 aromatic rings. The van der Waals surface area contributed by atoms with Crippen LogP contribution in [0.3, 0.4) is 0 Å². The molecule has 29 heavy (non-hydrogen) atoms. The molecule has 3 heterocycles. The summed E-state index contributed by atoms with van der Waals surface area (Å²) in [5, 5.41) is 0. The highest BCUT2D eigenvalue weighted by Gasteiger charge is 2.36. The molecule has 0 radical (unpaired) electrons. The van der Waals surface area contributed by atoms with Crippen LogP contribution in [0.1, 0.15) is 27.6 Å². The molecule has 0 N–H and O–H groups in total. The SMILES string of the molecule is CCOc1ccc(-c2nc3cc(N4C(=O)c5ccncc5C4=O)ccc3o2)cc1. The number of oxazole rings is 1. The Morgan fingerprint density at radius 2 is 1.79 bits per heavy atom. The number of anilines is 1. The second kappa shape index (κ2) is 6.56. The van der Waals surface area contributed by atoms with E-state index in [0.717, 1.165) is 16.2 Å². The maximum atomic E-state index is 12.7. The first-order valence-electron chi connectivity index (χ1n) is 9.12. The predicted molar refractivity (Wildman–Crippen MR) is 106 cm³/mol. The van der Waals surface area contributed by atoms with Gasteiger partial charge in [-0.05, 0) is 55.5 Å². The summed E-state index contributed by atoms with van der Waals surface area (Å²) in [5.74, 6) is 0.455. The van der Waals surface area contributed by atoms with Crippen molar-refractivity contribution in [1.82, 2.24) is 9.97 Å². The minimum absolute atomic E-state index is 0.299. The van der Waals surface area contributed by atoms with Crippen LogP contribution < -0.4 is 9.64 Å². The number of hydrogen-bond donors (Lipinski definition) is 0. The van der Waals surface area contributed by atoms with Gasteiger partial charge in [0.05, 0.1) is 23.4 Å². The Hall–Kier alpha value is -4.00. The lowest BCUT2D eigenvalue weighted by atomic mass is 10.2. The lowest BCUT2D eigenvalue weighted by molar-refractivity contribution is 0.0926. The van der Waals surface area contributed by atoms with Crippen LogP contribution in [0.5, 0.6) is 5.75 Å². The van der Waals surface area contributed by atoms with Crippen LogP contribution in [0.2, 0.25) is 0 Å². The average Bonchev–Trinajstić information content (AvgIpc) is 3.28. The molecule has 7 heteroatoms. The van der Waals surface area contributed by atoms with E-state index in [9.17, 15) is 9.59 Å². The van der Waals surface area contributed by atoms with Crippen molar-refractivity contribution in [3.05, 3.63) is 72.1 Å². The van der Waals surface area contributed by atoms with Gasteiger partial charge in [-0.2, -0.15) is 0 Å². The highest BCUT2D eigenvalue weighted by Crippen LogP contribution is 2.32. The molecule has 0 bridgehead atoms. The van der Waals surface area contributed by atoms with Crippen LogP contribution in [0.25, 0.3) is 22.6 Å². The standard InChI is InChI=1S/C22H15N3O4/c1-2-28-15-6-3-13(4-7-15)20-24-18-11-14(5-8-19(18)29-20)25-21(26)16-9-10-23-12-17(16)22(25)27/h3-12H,2H2,1H3. The Balaban J connectivity index is 1.50. The molecule has 0 aliphatic carbocycles. The zero-order valence-electron chi connectivity index (χ0n) is 15.5. The van der Waals surface area contributed by atoms with Crippen molar-refractivity contribution >= 4 is 28.6 Å². The zero-order valence-corrected chi connectivity index (χ0v) is 15.5. The molecule has 0 unspecified atom stereocenters. The third kappa shape index (κ3) is 2.75. The molecule has 2 aromatic heterocycles. The summed E-state index contributed by atoms with van der Waals surface area (Å²) in [6.45, 7) is 2.52. The molecule has 142 valence electrons. The van der Waals surface area contributed by atoms with Gasteiger partial charge in [-0.25, -0.2) is 9.88 Å². The van der Waals surface area contributed by atoms with E-state index in [2.05, 4.69) is 9.97 Å². The van der Waals surface area contributed by atoms with Gasteiger partial charge in [-0.3, -0.25) is 14.6 Å². The number of imide groups is 1. The van der Waals surface area contributed by atoms with Gasteiger partial charge < -0.3 is 9.15 Å². The third-order valence-corrected chi connectivity index (χ3v) is 4.73. The predicted octanol–water partition coefficient (Wildman–Crippen LogP) is 4.09. The topological polar surface area (TPSA) is 85.5 Å². The van der Waals surface area contributed by atoms with E-state index in [1.807, 2.05) is 31.2 Å². The van der Waals surface area contributed by atoms with Gasteiger partial charge in [-0.15, -0.1) is 0 Å². The van der Waals surface area contributed by atoms with E-state index in [1.165, 1.54) is 12.4 Å². The summed E-state index contributed by atoms with van der Waals surface area (Å²) in [7, 11) is 0. The number of nitrogens with zero attached hydrogens (tertiary/aromatic N) is 3. The number of hydrogen-bond acceptors (Lipinski definition) is 6. The fourth-order valence-electron chi connectivity index (χ4n) is 3.36. The fourth-order valence-corrected chi connectivity index (χ4v) is 3.36. The molecular weight excluding hydrogens is 370 g/mol. The Kier molecular flexibility index (Phi) is 3.87. The van der Waals surface area contributed by atoms with Crippen LogP contribution in [0, 0.1) is 0 Å². The number of ether oxygens (including phenoxy) is 1. The molecular formula is C22H15N3O4. The van der Waals surface area contributed by atoms with Gasteiger partial charge in [0.1, 0.15) is 11.3 Å². The van der Waals surface area contributed by atoms with E-state index in [4.69, 9.17) is 9.15 Å². The molecule has 2 aromatic carbocycles. The minimum Gasteiger partial charge on any atom is -0.494 e. The van der Waals surface area contributed by atoms with Crippen molar-refractivity contribution in [1.29, 1.82) is 0 Å². The largest absolute Gasteiger partial charge is 0.494 e. The molecule has 1 aliphatic rings. The van der Waals surface area contributed by atoms with Crippen molar-refractivity contribution in [2.75, 3.05) is 11.5 Å². The van der Waals surface area contributed by atoms with Crippen molar-refractivity contribution in [2.45, 2.75) is 6.92 Å². The van der Waals surface area contributed by atoms with Gasteiger partial charge in [0.25, 0.3) is 11.8 Å². The Bertz CT molecular complexity index is 1230.